The Bertz CT molecular complexity index is 299. The van der Waals surface area contributed by atoms with Crippen molar-refractivity contribution in [1.82, 2.24) is 4.90 Å². The lowest BCUT2D eigenvalue weighted by Gasteiger charge is -2.26. The van der Waals surface area contributed by atoms with E-state index >= 15 is 0 Å². The van der Waals surface area contributed by atoms with Gasteiger partial charge in [0.1, 0.15) is 0 Å². The Balaban J connectivity index is 1.83. The number of morpholine rings is 1. The summed E-state index contributed by atoms with van der Waals surface area (Å²) in [5.41, 5.74) is 0. The van der Waals surface area contributed by atoms with Gasteiger partial charge in [0.05, 0.1) is 19.0 Å². The van der Waals surface area contributed by atoms with E-state index in [0.29, 0.717) is 6.42 Å². The number of rotatable bonds is 9. The Morgan fingerprint density at radius 2 is 1.50 bits per heavy atom. The molecule has 0 spiro atoms. The summed E-state index contributed by atoms with van der Waals surface area (Å²) >= 11 is 0. The highest BCUT2D eigenvalue weighted by Gasteiger charge is 2.08. The third-order valence-electron chi connectivity index (χ3n) is 3.23. The number of unbranched alkanes of at least 4 members (excludes halogenated alkanes) is 5. The van der Waals surface area contributed by atoms with Gasteiger partial charge in [0.15, 0.2) is 0 Å². The average Bonchev–Trinajstić information content (AvgIpc) is 2.32. The fourth-order valence-electron chi connectivity index (χ4n) is 2.15. The molecule has 1 fully saturated rings. The monoisotopic (exact) mass is 279 g/mol. The van der Waals surface area contributed by atoms with Crippen molar-refractivity contribution >= 4 is 10.1 Å². The molecule has 0 radical (unpaired) electrons. The maximum absolute atomic E-state index is 10.5. The summed E-state index contributed by atoms with van der Waals surface area (Å²) < 4.78 is 34.8. The molecule has 1 heterocycles. The van der Waals surface area contributed by atoms with Crippen LogP contribution in [0.15, 0.2) is 0 Å². The van der Waals surface area contributed by atoms with Crippen LogP contribution in [0.5, 0.6) is 0 Å². The van der Waals surface area contributed by atoms with Gasteiger partial charge in [-0.05, 0) is 19.4 Å². The largest absolute Gasteiger partial charge is 0.379 e. The highest BCUT2D eigenvalue weighted by Crippen LogP contribution is 2.08. The first-order valence-corrected chi connectivity index (χ1v) is 8.44. The van der Waals surface area contributed by atoms with Gasteiger partial charge in [-0.1, -0.05) is 25.7 Å². The molecule has 0 amide bonds. The minimum absolute atomic E-state index is 0.0965. The van der Waals surface area contributed by atoms with Gasteiger partial charge in [0.25, 0.3) is 10.1 Å². The van der Waals surface area contributed by atoms with Crippen molar-refractivity contribution in [2.75, 3.05) is 38.6 Å². The molecule has 1 N–H and O–H groups in total. The molecule has 1 aliphatic heterocycles. The molecule has 0 atom stereocenters. The molecule has 0 aromatic rings. The van der Waals surface area contributed by atoms with E-state index in [1.54, 1.807) is 0 Å². The Morgan fingerprint density at radius 1 is 0.944 bits per heavy atom. The van der Waals surface area contributed by atoms with Crippen LogP contribution in [-0.2, 0) is 14.9 Å². The molecule has 0 saturated carbocycles. The van der Waals surface area contributed by atoms with Crippen molar-refractivity contribution in [2.45, 2.75) is 38.5 Å². The van der Waals surface area contributed by atoms with Crippen molar-refractivity contribution in [3.63, 3.8) is 0 Å². The summed E-state index contributed by atoms with van der Waals surface area (Å²) in [6.07, 6.45) is 6.07. The van der Waals surface area contributed by atoms with Gasteiger partial charge in [0.2, 0.25) is 0 Å². The van der Waals surface area contributed by atoms with Crippen LogP contribution in [0.2, 0.25) is 0 Å². The molecule has 6 heteroatoms. The molecule has 1 rings (SSSR count). The Morgan fingerprint density at radius 3 is 2.11 bits per heavy atom. The number of ether oxygens (including phenoxy) is 1. The van der Waals surface area contributed by atoms with Crippen LogP contribution in [-0.4, -0.2) is 56.5 Å². The second-order valence-electron chi connectivity index (χ2n) is 4.86. The first-order valence-electron chi connectivity index (χ1n) is 6.83. The van der Waals surface area contributed by atoms with Gasteiger partial charge in [0, 0.05) is 13.1 Å². The molecule has 0 aliphatic carbocycles. The van der Waals surface area contributed by atoms with Crippen LogP contribution in [0.1, 0.15) is 38.5 Å². The summed E-state index contributed by atoms with van der Waals surface area (Å²) in [5, 5.41) is 0. The maximum atomic E-state index is 10.5. The van der Waals surface area contributed by atoms with Gasteiger partial charge < -0.3 is 4.74 Å². The van der Waals surface area contributed by atoms with Gasteiger partial charge in [-0.25, -0.2) is 0 Å². The normalized spacial score (nSPS) is 18.1. The zero-order valence-corrected chi connectivity index (χ0v) is 11.8. The van der Waals surface area contributed by atoms with Crippen LogP contribution in [0.4, 0.5) is 0 Å². The minimum Gasteiger partial charge on any atom is -0.379 e. The van der Waals surface area contributed by atoms with E-state index in [0.717, 1.165) is 52.1 Å². The summed E-state index contributed by atoms with van der Waals surface area (Å²) in [7, 11) is -3.75. The molecule has 1 saturated heterocycles. The van der Waals surface area contributed by atoms with E-state index in [-0.39, 0.29) is 5.75 Å². The first kappa shape index (κ1) is 15.9. The summed E-state index contributed by atoms with van der Waals surface area (Å²) in [6.45, 7) is 4.96. The van der Waals surface area contributed by atoms with E-state index in [1.807, 2.05) is 0 Å². The smallest absolute Gasteiger partial charge is 0.264 e. The van der Waals surface area contributed by atoms with Crippen LogP contribution in [0.3, 0.4) is 0 Å². The summed E-state index contributed by atoms with van der Waals surface area (Å²) in [4.78, 5) is 2.43. The second kappa shape index (κ2) is 8.85. The predicted octanol–water partition coefficient (Wildman–Crippen LogP) is 1.55. The van der Waals surface area contributed by atoms with E-state index in [1.165, 1.54) is 12.8 Å². The molecule has 108 valence electrons. The topological polar surface area (TPSA) is 66.8 Å². The van der Waals surface area contributed by atoms with Gasteiger partial charge in [-0.15, -0.1) is 0 Å². The highest BCUT2D eigenvalue weighted by molar-refractivity contribution is 7.85. The molecule has 0 aromatic carbocycles. The number of hydrogen-bond donors (Lipinski definition) is 1. The average molecular weight is 279 g/mol. The van der Waals surface area contributed by atoms with Crippen LogP contribution >= 0.6 is 0 Å². The van der Waals surface area contributed by atoms with E-state index in [2.05, 4.69) is 4.90 Å². The van der Waals surface area contributed by atoms with Crippen molar-refractivity contribution in [2.24, 2.45) is 0 Å². The fraction of sp³-hybridized carbons (Fsp3) is 1.00. The van der Waals surface area contributed by atoms with Gasteiger partial charge >= 0.3 is 0 Å². The molecule has 0 bridgehead atoms. The molecule has 0 aromatic heterocycles. The Kier molecular flexibility index (Phi) is 7.81. The zero-order valence-electron chi connectivity index (χ0n) is 11.0. The zero-order chi connectivity index (χ0) is 13.3. The summed E-state index contributed by atoms with van der Waals surface area (Å²) in [5.74, 6) is -0.0965. The molecule has 18 heavy (non-hydrogen) atoms. The number of hydrogen-bond acceptors (Lipinski definition) is 4. The van der Waals surface area contributed by atoms with E-state index < -0.39 is 10.1 Å². The predicted molar refractivity (Wildman–Crippen MR) is 71.4 cm³/mol. The minimum atomic E-state index is -3.75. The Hall–Kier alpha value is -0.170. The van der Waals surface area contributed by atoms with E-state index in [4.69, 9.17) is 9.29 Å². The molecule has 5 nitrogen and oxygen atoms in total. The second-order valence-corrected chi connectivity index (χ2v) is 6.43. The van der Waals surface area contributed by atoms with Crippen LogP contribution in [0.25, 0.3) is 0 Å². The van der Waals surface area contributed by atoms with Crippen molar-refractivity contribution in [3.05, 3.63) is 0 Å². The van der Waals surface area contributed by atoms with Crippen LogP contribution in [0, 0.1) is 0 Å². The van der Waals surface area contributed by atoms with E-state index in [9.17, 15) is 8.42 Å². The molecule has 1 aliphatic rings. The number of nitrogens with zero attached hydrogens (tertiary/aromatic N) is 1. The first-order chi connectivity index (χ1) is 8.58. The SMILES string of the molecule is O=S(=O)(O)CCCCCCCCN1CCOCC1. The van der Waals surface area contributed by atoms with Crippen molar-refractivity contribution in [1.29, 1.82) is 0 Å². The third-order valence-corrected chi connectivity index (χ3v) is 4.03. The molecular weight excluding hydrogens is 254 g/mol. The van der Waals surface area contributed by atoms with Gasteiger partial charge in [-0.3, -0.25) is 9.45 Å². The quantitative estimate of drug-likeness (QED) is 0.512. The lowest BCUT2D eigenvalue weighted by atomic mass is 10.1. The third kappa shape index (κ3) is 8.85. The van der Waals surface area contributed by atoms with Crippen molar-refractivity contribution in [3.8, 4) is 0 Å². The lowest BCUT2D eigenvalue weighted by molar-refractivity contribution is 0.0371. The van der Waals surface area contributed by atoms with Gasteiger partial charge in [-0.2, -0.15) is 8.42 Å². The lowest BCUT2D eigenvalue weighted by Crippen LogP contribution is -2.36. The Labute approximate surface area is 110 Å². The molecular formula is C12H25NO4S. The van der Waals surface area contributed by atoms with Crippen LogP contribution < -0.4 is 0 Å². The van der Waals surface area contributed by atoms with Crippen molar-refractivity contribution < 1.29 is 17.7 Å². The molecule has 0 unspecified atom stereocenters. The summed E-state index contributed by atoms with van der Waals surface area (Å²) in [6, 6.07) is 0. The maximum Gasteiger partial charge on any atom is 0.264 e. The highest BCUT2D eigenvalue weighted by atomic mass is 32.2. The standard InChI is InChI=1S/C12H25NO4S/c14-18(15,16)12-6-4-2-1-3-5-7-13-8-10-17-11-9-13/h1-12H2,(H,14,15,16). The fourth-order valence-corrected chi connectivity index (χ4v) is 2.72.